The van der Waals surface area contributed by atoms with Crippen LogP contribution >= 0.6 is 0 Å². The molecule has 0 aromatic heterocycles. The van der Waals surface area contributed by atoms with Crippen molar-refractivity contribution >= 4 is 11.4 Å². The molecule has 146 valence electrons. The maximum atomic E-state index is 3.14. The molecule has 1 N–H and O–H groups in total. The molecule has 0 amide bonds. The summed E-state index contributed by atoms with van der Waals surface area (Å²) < 4.78 is 0. The van der Waals surface area contributed by atoms with Crippen molar-refractivity contribution in [2.45, 2.75) is 47.2 Å². The Labute approximate surface area is 160 Å². The van der Waals surface area contributed by atoms with Gasteiger partial charge in [0.1, 0.15) is 0 Å². The monoisotopic (exact) mass is 358 g/mol. The average Bonchev–Trinajstić information content (AvgIpc) is 2.99. The van der Waals surface area contributed by atoms with Crippen LogP contribution in [-0.4, -0.2) is 44.8 Å². The molecule has 1 aliphatic rings. The Kier molecular flexibility index (Phi) is 7.39. The van der Waals surface area contributed by atoms with Crippen molar-refractivity contribution in [3.63, 3.8) is 0 Å². The van der Waals surface area contributed by atoms with Crippen LogP contribution in [0.2, 0.25) is 0 Å². The number of benzene rings is 1. The van der Waals surface area contributed by atoms with Gasteiger partial charge in [-0.2, -0.15) is 0 Å². The molecule has 4 heteroatoms. The van der Waals surface area contributed by atoms with Gasteiger partial charge >= 0.3 is 0 Å². The van der Waals surface area contributed by atoms with E-state index < -0.39 is 0 Å². The highest BCUT2D eigenvalue weighted by Gasteiger charge is 2.33. The molecule has 0 aliphatic carbocycles. The summed E-state index contributed by atoms with van der Waals surface area (Å²) in [6.07, 6.45) is 5.71. The fourth-order valence-electron chi connectivity index (χ4n) is 4.16. The maximum absolute atomic E-state index is 3.14. The molecule has 1 aromatic carbocycles. The Morgan fingerprint density at radius 3 is 2.54 bits per heavy atom. The number of anilines is 2. The summed E-state index contributed by atoms with van der Waals surface area (Å²) in [5, 5.41) is 3.14. The third-order valence-electron chi connectivity index (χ3n) is 5.14. The number of likely N-dealkylation sites (N-methyl/N-ethyl adjacent to an activating group) is 1. The molecule has 2 rings (SSSR count). The number of nitrogens with one attached hydrogen (secondary N) is 1. The lowest BCUT2D eigenvalue weighted by Gasteiger charge is -2.35. The van der Waals surface area contributed by atoms with Crippen molar-refractivity contribution < 1.29 is 0 Å². The summed E-state index contributed by atoms with van der Waals surface area (Å²) in [6.45, 7) is 14.7. The van der Waals surface area contributed by atoms with Crippen molar-refractivity contribution in [3.8, 4) is 0 Å². The Hall–Kier alpha value is -1.68. The van der Waals surface area contributed by atoms with E-state index in [2.05, 4.69) is 86.1 Å². The predicted octanol–water partition coefficient (Wildman–Crippen LogP) is 4.14. The SMILES string of the molecule is CCc1c(N(/C=C\NC)CC(C)C)cccc1N1CCN(C)C1C(C)C. The second-order valence-electron chi connectivity index (χ2n) is 8.11. The third kappa shape index (κ3) is 4.53. The van der Waals surface area contributed by atoms with E-state index >= 15 is 0 Å². The van der Waals surface area contributed by atoms with Crippen molar-refractivity contribution in [2.24, 2.45) is 11.8 Å². The third-order valence-corrected chi connectivity index (χ3v) is 5.14. The highest BCUT2D eigenvalue weighted by Crippen LogP contribution is 2.35. The average molecular weight is 359 g/mol. The van der Waals surface area contributed by atoms with Crippen molar-refractivity contribution in [2.75, 3.05) is 43.5 Å². The first kappa shape index (κ1) is 20.6. The van der Waals surface area contributed by atoms with Crippen LogP contribution in [0.15, 0.2) is 30.6 Å². The fraction of sp³-hybridized carbons (Fsp3) is 0.636. The first-order valence-electron chi connectivity index (χ1n) is 10.1. The fourth-order valence-corrected chi connectivity index (χ4v) is 4.16. The minimum Gasteiger partial charge on any atom is -0.393 e. The molecule has 1 fully saturated rings. The molecule has 0 spiro atoms. The van der Waals surface area contributed by atoms with Crippen molar-refractivity contribution in [1.29, 1.82) is 0 Å². The van der Waals surface area contributed by atoms with Crippen LogP contribution in [0.5, 0.6) is 0 Å². The van der Waals surface area contributed by atoms with Gasteiger partial charge in [0.05, 0.1) is 6.17 Å². The summed E-state index contributed by atoms with van der Waals surface area (Å²) in [5.41, 5.74) is 4.19. The van der Waals surface area contributed by atoms with Gasteiger partial charge in [0.15, 0.2) is 0 Å². The van der Waals surface area contributed by atoms with E-state index in [1.807, 2.05) is 13.2 Å². The van der Waals surface area contributed by atoms with Crippen LogP contribution in [0, 0.1) is 11.8 Å². The number of rotatable bonds is 8. The van der Waals surface area contributed by atoms with E-state index in [9.17, 15) is 0 Å². The number of nitrogens with zero attached hydrogens (tertiary/aromatic N) is 3. The molecule has 1 heterocycles. The Morgan fingerprint density at radius 1 is 1.23 bits per heavy atom. The molecule has 0 radical (unpaired) electrons. The van der Waals surface area contributed by atoms with Gasteiger partial charge in [-0.3, -0.25) is 4.90 Å². The largest absolute Gasteiger partial charge is 0.393 e. The topological polar surface area (TPSA) is 21.8 Å². The van der Waals surface area contributed by atoms with Gasteiger partial charge in [-0.15, -0.1) is 0 Å². The van der Waals surface area contributed by atoms with Crippen molar-refractivity contribution in [1.82, 2.24) is 10.2 Å². The summed E-state index contributed by atoms with van der Waals surface area (Å²) in [5.74, 6) is 1.21. The summed E-state index contributed by atoms with van der Waals surface area (Å²) in [4.78, 5) is 7.50. The number of hydrogen-bond donors (Lipinski definition) is 1. The zero-order valence-corrected chi connectivity index (χ0v) is 17.8. The Morgan fingerprint density at radius 2 is 1.96 bits per heavy atom. The normalized spacial score (nSPS) is 18.5. The lowest BCUT2D eigenvalue weighted by atomic mass is 10.0. The quantitative estimate of drug-likeness (QED) is 0.754. The standard InChI is InChI=1S/C22H38N4/c1-8-19-20(25(13-12-23-6)16-17(2)3)10-9-11-21(19)26-15-14-24(7)22(26)18(4)5/h9-13,17-18,22-23H,8,14-16H2,1-7H3/b13-12-. The van der Waals surface area contributed by atoms with Gasteiger partial charge in [-0.1, -0.05) is 40.7 Å². The van der Waals surface area contributed by atoms with E-state index in [-0.39, 0.29) is 0 Å². The molecule has 1 atom stereocenters. The highest BCUT2D eigenvalue weighted by atomic mass is 15.4. The van der Waals surface area contributed by atoms with E-state index in [4.69, 9.17) is 0 Å². The minimum atomic E-state index is 0.474. The molecule has 1 aliphatic heterocycles. The molecule has 4 nitrogen and oxygen atoms in total. The van der Waals surface area contributed by atoms with Crippen molar-refractivity contribution in [3.05, 3.63) is 36.2 Å². The smallest absolute Gasteiger partial charge is 0.0842 e. The van der Waals surface area contributed by atoms with Gasteiger partial charge in [0, 0.05) is 50.5 Å². The second kappa shape index (κ2) is 9.31. The molecule has 0 bridgehead atoms. The molecular formula is C22H38N4. The molecule has 26 heavy (non-hydrogen) atoms. The van der Waals surface area contributed by atoms with Crippen LogP contribution in [0.3, 0.4) is 0 Å². The van der Waals surface area contributed by atoms with Crippen LogP contribution in [0.25, 0.3) is 0 Å². The first-order chi connectivity index (χ1) is 12.4. The maximum Gasteiger partial charge on any atom is 0.0842 e. The lowest BCUT2D eigenvalue weighted by molar-refractivity contribution is 0.251. The van der Waals surface area contributed by atoms with Crippen LogP contribution in [0.4, 0.5) is 11.4 Å². The Bertz CT molecular complexity index is 594. The predicted molar refractivity (Wildman–Crippen MR) is 115 cm³/mol. The lowest BCUT2D eigenvalue weighted by Crippen LogP contribution is -2.41. The van der Waals surface area contributed by atoms with Gasteiger partial charge in [-0.05, 0) is 43.0 Å². The summed E-state index contributed by atoms with van der Waals surface area (Å²) >= 11 is 0. The Balaban J connectivity index is 2.46. The number of hydrogen-bond acceptors (Lipinski definition) is 4. The van der Waals surface area contributed by atoms with E-state index in [1.165, 1.54) is 16.9 Å². The van der Waals surface area contributed by atoms with E-state index in [0.717, 1.165) is 26.1 Å². The molecular weight excluding hydrogens is 320 g/mol. The molecule has 1 saturated heterocycles. The van der Waals surface area contributed by atoms with E-state index in [0.29, 0.717) is 18.0 Å². The van der Waals surface area contributed by atoms with Gasteiger partial charge in [0.2, 0.25) is 0 Å². The second-order valence-corrected chi connectivity index (χ2v) is 8.11. The van der Waals surface area contributed by atoms with Crippen LogP contribution < -0.4 is 15.1 Å². The first-order valence-corrected chi connectivity index (χ1v) is 10.1. The minimum absolute atomic E-state index is 0.474. The van der Waals surface area contributed by atoms with E-state index in [1.54, 1.807) is 0 Å². The van der Waals surface area contributed by atoms with Gasteiger partial charge < -0.3 is 15.1 Å². The molecule has 1 aromatic rings. The highest BCUT2D eigenvalue weighted by molar-refractivity contribution is 5.69. The summed E-state index contributed by atoms with van der Waals surface area (Å²) in [6, 6.07) is 6.81. The van der Waals surface area contributed by atoms with Gasteiger partial charge in [0.25, 0.3) is 0 Å². The van der Waals surface area contributed by atoms with Crippen LogP contribution in [-0.2, 0) is 6.42 Å². The molecule has 0 saturated carbocycles. The molecule has 1 unspecified atom stereocenters. The van der Waals surface area contributed by atoms with Gasteiger partial charge in [-0.25, -0.2) is 0 Å². The zero-order valence-electron chi connectivity index (χ0n) is 17.8. The van der Waals surface area contributed by atoms with Crippen LogP contribution in [0.1, 0.15) is 40.2 Å². The zero-order chi connectivity index (χ0) is 19.3. The summed E-state index contributed by atoms with van der Waals surface area (Å²) in [7, 11) is 4.20.